The monoisotopic (exact) mass is 355 g/mol. The van der Waals surface area contributed by atoms with Crippen LogP contribution in [0.15, 0.2) is 79.0 Å². The van der Waals surface area contributed by atoms with Gasteiger partial charge in [-0.05, 0) is 30.7 Å². The van der Waals surface area contributed by atoms with Crippen LogP contribution in [0, 0.1) is 17.3 Å². The van der Waals surface area contributed by atoms with E-state index in [4.69, 9.17) is 0 Å². The average molecular weight is 355 g/mol. The highest BCUT2D eigenvalue weighted by Gasteiger charge is 2.26. The highest BCUT2D eigenvalue weighted by atomic mass is 16.1. The van der Waals surface area contributed by atoms with Gasteiger partial charge in [0.2, 0.25) is 0 Å². The first-order chi connectivity index (χ1) is 12.9. The van der Waals surface area contributed by atoms with E-state index in [1.54, 1.807) is 6.20 Å². The Morgan fingerprint density at radius 3 is 2.93 bits per heavy atom. The Morgan fingerprint density at radius 2 is 2.15 bits per heavy atom. The van der Waals surface area contributed by atoms with Crippen LogP contribution in [-0.2, 0) is 4.79 Å². The number of rotatable bonds is 3. The summed E-state index contributed by atoms with van der Waals surface area (Å²) in [6.45, 7) is 11.6. The minimum Gasteiger partial charge on any atom is -0.323 e. The minimum absolute atomic E-state index is 0.146. The summed E-state index contributed by atoms with van der Waals surface area (Å²) in [5.41, 5.74) is 3.55. The van der Waals surface area contributed by atoms with Crippen molar-refractivity contribution in [2.24, 2.45) is 5.41 Å². The number of aromatic nitrogens is 2. The molecule has 0 saturated carbocycles. The standard InChI is InChI=1S/C23H21N3O/c1-5-16(2)26-22(27)18-11-12-23(3,4)19(13-18)10-9-17-7-6-8-21-20(17)14-24-15-25-21/h5-8,11,13-15H,1-2,12H2,3-4H3,(H,26,27). The van der Waals surface area contributed by atoms with Crippen molar-refractivity contribution >= 4 is 16.8 Å². The maximum Gasteiger partial charge on any atom is 0.255 e. The molecule has 1 aromatic carbocycles. The molecular formula is C23H21N3O. The number of benzene rings is 1. The van der Waals surface area contributed by atoms with E-state index in [1.165, 1.54) is 12.4 Å². The lowest BCUT2D eigenvalue weighted by Gasteiger charge is -2.27. The maximum atomic E-state index is 12.4. The van der Waals surface area contributed by atoms with Crippen LogP contribution in [0.1, 0.15) is 25.8 Å². The summed E-state index contributed by atoms with van der Waals surface area (Å²) in [6.07, 6.45) is 9.33. The third kappa shape index (κ3) is 4.04. The Balaban J connectivity index is 1.95. The minimum atomic E-state index is -0.201. The number of hydrogen-bond acceptors (Lipinski definition) is 3. The Hall–Kier alpha value is -3.45. The highest BCUT2D eigenvalue weighted by Crippen LogP contribution is 2.35. The van der Waals surface area contributed by atoms with Crippen LogP contribution < -0.4 is 5.32 Å². The van der Waals surface area contributed by atoms with Crippen molar-refractivity contribution in [3.8, 4) is 11.8 Å². The molecule has 27 heavy (non-hydrogen) atoms. The smallest absolute Gasteiger partial charge is 0.255 e. The fourth-order valence-corrected chi connectivity index (χ4v) is 2.77. The molecule has 1 aromatic heterocycles. The highest BCUT2D eigenvalue weighted by molar-refractivity contribution is 5.98. The van der Waals surface area contributed by atoms with Gasteiger partial charge in [0.05, 0.1) is 5.52 Å². The van der Waals surface area contributed by atoms with Crippen LogP contribution >= 0.6 is 0 Å². The first-order valence-corrected chi connectivity index (χ1v) is 8.66. The molecule has 0 fully saturated rings. The number of amides is 1. The number of nitrogens with one attached hydrogen (secondary N) is 1. The van der Waals surface area contributed by atoms with Gasteiger partial charge in [0.1, 0.15) is 6.33 Å². The molecule has 134 valence electrons. The van der Waals surface area contributed by atoms with Crippen molar-refractivity contribution in [3.05, 3.63) is 84.5 Å². The summed E-state index contributed by atoms with van der Waals surface area (Å²) in [5, 5.41) is 3.63. The predicted molar refractivity (Wildman–Crippen MR) is 108 cm³/mol. The molecule has 4 heteroatoms. The SMILES string of the molecule is C=CC(=C)NC(=O)C1=CCC(C)(C)C(C#Cc2cccc3ncncc23)=C1. The number of hydrogen-bond donors (Lipinski definition) is 1. The number of fused-ring (bicyclic) bond motifs is 1. The van der Waals surface area contributed by atoms with Gasteiger partial charge in [-0.1, -0.05) is 51.0 Å². The normalized spacial score (nSPS) is 15.0. The lowest BCUT2D eigenvalue weighted by Crippen LogP contribution is -2.26. The Labute approximate surface area is 159 Å². The number of nitrogens with zero attached hydrogens (tertiary/aromatic N) is 2. The first kappa shape index (κ1) is 18.3. The van der Waals surface area contributed by atoms with Crippen molar-refractivity contribution in [1.29, 1.82) is 0 Å². The van der Waals surface area contributed by atoms with Crippen molar-refractivity contribution in [3.63, 3.8) is 0 Å². The Kier molecular flexibility index (Phi) is 5.05. The van der Waals surface area contributed by atoms with Crippen molar-refractivity contribution in [2.45, 2.75) is 20.3 Å². The molecule has 1 aliphatic rings. The van der Waals surface area contributed by atoms with Gasteiger partial charge in [-0.25, -0.2) is 9.97 Å². The molecule has 0 radical (unpaired) electrons. The van der Waals surface area contributed by atoms with Crippen LogP contribution in [0.5, 0.6) is 0 Å². The largest absolute Gasteiger partial charge is 0.323 e. The summed E-state index contributed by atoms with van der Waals surface area (Å²) >= 11 is 0. The van der Waals surface area contributed by atoms with E-state index in [0.717, 1.165) is 28.5 Å². The summed E-state index contributed by atoms with van der Waals surface area (Å²) in [4.78, 5) is 20.7. The zero-order valence-electron chi connectivity index (χ0n) is 15.5. The van der Waals surface area contributed by atoms with Crippen molar-refractivity contribution < 1.29 is 4.79 Å². The van der Waals surface area contributed by atoms with Gasteiger partial charge < -0.3 is 5.32 Å². The summed E-state index contributed by atoms with van der Waals surface area (Å²) in [5.74, 6) is 6.30. The summed E-state index contributed by atoms with van der Waals surface area (Å²) < 4.78 is 0. The third-order valence-corrected chi connectivity index (χ3v) is 4.53. The van der Waals surface area contributed by atoms with Crippen LogP contribution in [0.2, 0.25) is 0 Å². The van der Waals surface area contributed by atoms with Gasteiger partial charge in [0, 0.05) is 39.4 Å². The van der Waals surface area contributed by atoms with Gasteiger partial charge in [-0.15, -0.1) is 0 Å². The van der Waals surface area contributed by atoms with E-state index in [-0.39, 0.29) is 11.3 Å². The van der Waals surface area contributed by atoms with Gasteiger partial charge in [-0.2, -0.15) is 0 Å². The topological polar surface area (TPSA) is 54.9 Å². The summed E-state index contributed by atoms with van der Waals surface area (Å²) in [6, 6.07) is 5.82. The molecule has 4 nitrogen and oxygen atoms in total. The lowest BCUT2D eigenvalue weighted by atomic mass is 9.76. The molecule has 1 heterocycles. The van der Waals surface area contributed by atoms with Crippen LogP contribution in [0.25, 0.3) is 10.9 Å². The van der Waals surface area contributed by atoms with Crippen LogP contribution in [0.4, 0.5) is 0 Å². The number of allylic oxidation sites excluding steroid dienone is 3. The zero-order chi connectivity index (χ0) is 19.4. The van der Waals surface area contributed by atoms with E-state index < -0.39 is 0 Å². The molecule has 1 N–H and O–H groups in total. The molecule has 3 rings (SSSR count). The molecule has 1 amide bonds. The van der Waals surface area contributed by atoms with E-state index in [0.29, 0.717) is 11.3 Å². The molecule has 0 spiro atoms. The van der Waals surface area contributed by atoms with Crippen molar-refractivity contribution in [2.75, 3.05) is 0 Å². The third-order valence-electron chi connectivity index (χ3n) is 4.53. The van der Waals surface area contributed by atoms with Crippen LogP contribution in [-0.4, -0.2) is 15.9 Å². The molecule has 0 bridgehead atoms. The molecular weight excluding hydrogens is 334 g/mol. The van der Waals surface area contributed by atoms with E-state index in [9.17, 15) is 4.79 Å². The number of carbonyl (C=O) groups is 1. The van der Waals surface area contributed by atoms with Gasteiger partial charge in [0.25, 0.3) is 5.91 Å². The molecule has 2 aromatic rings. The Morgan fingerprint density at radius 1 is 1.33 bits per heavy atom. The molecule has 1 aliphatic carbocycles. The van der Waals surface area contributed by atoms with E-state index in [1.807, 2.05) is 30.4 Å². The fourth-order valence-electron chi connectivity index (χ4n) is 2.77. The van der Waals surface area contributed by atoms with Gasteiger partial charge in [0.15, 0.2) is 0 Å². The van der Waals surface area contributed by atoms with E-state index >= 15 is 0 Å². The van der Waals surface area contributed by atoms with Crippen molar-refractivity contribution in [1.82, 2.24) is 15.3 Å². The van der Waals surface area contributed by atoms with Gasteiger partial charge in [-0.3, -0.25) is 4.79 Å². The average Bonchev–Trinajstić information content (AvgIpc) is 2.66. The second-order valence-corrected chi connectivity index (χ2v) is 7.00. The number of carbonyl (C=O) groups excluding carboxylic acids is 1. The predicted octanol–water partition coefficient (Wildman–Crippen LogP) is 4.08. The molecule has 0 aliphatic heterocycles. The lowest BCUT2D eigenvalue weighted by molar-refractivity contribution is -0.116. The Bertz CT molecular complexity index is 1060. The maximum absolute atomic E-state index is 12.4. The first-order valence-electron chi connectivity index (χ1n) is 8.66. The van der Waals surface area contributed by atoms with Gasteiger partial charge >= 0.3 is 0 Å². The second kappa shape index (κ2) is 7.43. The van der Waals surface area contributed by atoms with E-state index in [2.05, 4.69) is 54.1 Å². The molecule has 0 atom stereocenters. The quantitative estimate of drug-likeness (QED) is 0.667. The van der Waals surface area contributed by atoms with Crippen LogP contribution in [0.3, 0.4) is 0 Å². The second-order valence-electron chi connectivity index (χ2n) is 7.00. The fraction of sp³-hybridized carbons (Fsp3) is 0.174. The summed E-state index contributed by atoms with van der Waals surface area (Å²) in [7, 11) is 0. The molecule has 0 saturated heterocycles. The molecule has 0 unspecified atom stereocenters. The zero-order valence-corrected chi connectivity index (χ0v) is 15.5.